The molecule has 0 saturated heterocycles. The Kier molecular flexibility index (Phi) is 2.91. The fraction of sp³-hybridized carbons (Fsp3) is 0.0526. The number of hydrogen-bond acceptors (Lipinski definition) is 3. The summed E-state index contributed by atoms with van der Waals surface area (Å²) in [5, 5.41) is 12.0. The fourth-order valence-electron chi connectivity index (χ4n) is 3.03. The lowest BCUT2D eigenvalue weighted by Gasteiger charge is -2.16. The smallest absolute Gasteiger partial charge is 0.261 e. The maximum atomic E-state index is 12.5. The number of carbonyl (C=O) groups is 2. The Balaban J connectivity index is 1.80. The predicted molar refractivity (Wildman–Crippen MR) is 86.3 cm³/mol. The summed E-state index contributed by atoms with van der Waals surface area (Å²) in [4.78, 5) is 26.2. The van der Waals surface area contributed by atoms with Crippen LogP contribution in [0, 0.1) is 0 Å². The highest BCUT2D eigenvalue weighted by molar-refractivity contribution is 6.21. The quantitative estimate of drug-likeness (QED) is 0.739. The minimum absolute atomic E-state index is 0.0551. The second kappa shape index (κ2) is 4.95. The molecule has 4 heteroatoms. The summed E-state index contributed by atoms with van der Waals surface area (Å²) in [7, 11) is 0. The Hall–Kier alpha value is -3.14. The number of nitrogens with zero attached hydrogens (tertiary/aromatic N) is 1. The van der Waals surface area contributed by atoms with Crippen LogP contribution in [0.15, 0.2) is 60.7 Å². The minimum atomic E-state index is -0.321. The van der Waals surface area contributed by atoms with Crippen molar-refractivity contribution in [2.45, 2.75) is 6.54 Å². The number of amides is 2. The lowest BCUT2D eigenvalue weighted by Crippen LogP contribution is -2.29. The molecule has 1 N–H and O–H groups in total. The highest BCUT2D eigenvalue weighted by atomic mass is 16.3. The van der Waals surface area contributed by atoms with E-state index in [0.29, 0.717) is 16.7 Å². The monoisotopic (exact) mass is 303 g/mol. The van der Waals surface area contributed by atoms with Crippen molar-refractivity contribution in [1.82, 2.24) is 4.90 Å². The molecule has 0 atom stereocenters. The van der Waals surface area contributed by atoms with E-state index in [1.54, 1.807) is 30.3 Å². The van der Waals surface area contributed by atoms with Gasteiger partial charge in [-0.15, -0.1) is 0 Å². The van der Waals surface area contributed by atoms with Gasteiger partial charge in [0.25, 0.3) is 11.8 Å². The van der Waals surface area contributed by atoms with Crippen molar-refractivity contribution in [3.63, 3.8) is 0 Å². The molecule has 1 aliphatic rings. The molecule has 4 rings (SSSR count). The molecule has 1 heterocycles. The standard InChI is InChI=1S/C19H13NO3/c21-17-10-9-12-5-1-2-6-13(12)16(17)11-20-18(22)14-7-3-4-8-15(14)19(20)23/h1-10,21H,11H2. The third-order valence-corrected chi connectivity index (χ3v) is 4.21. The topological polar surface area (TPSA) is 57.6 Å². The molecule has 0 radical (unpaired) electrons. The maximum absolute atomic E-state index is 12.5. The Morgan fingerprint density at radius 1 is 0.783 bits per heavy atom. The third-order valence-electron chi connectivity index (χ3n) is 4.21. The van der Waals surface area contributed by atoms with Crippen LogP contribution in [0.5, 0.6) is 5.75 Å². The first kappa shape index (κ1) is 13.5. The van der Waals surface area contributed by atoms with E-state index in [-0.39, 0.29) is 24.1 Å². The highest BCUT2D eigenvalue weighted by Crippen LogP contribution is 2.31. The number of phenols is 1. The molecule has 0 spiro atoms. The van der Waals surface area contributed by atoms with Gasteiger partial charge >= 0.3 is 0 Å². The van der Waals surface area contributed by atoms with E-state index < -0.39 is 0 Å². The van der Waals surface area contributed by atoms with Crippen LogP contribution in [0.4, 0.5) is 0 Å². The lowest BCUT2D eigenvalue weighted by atomic mass is 10.0. The van der Waals surface area contributed by atoms with Gasteiger partial charge in [-0.3, -0.25) is 14.5 Å². The number of hydrogen-bond donors (Lipinski definition) is 1. The van der Waals surface area contributed by atoms with Gasteiger partial charge in [-0.25, -0.2) is 0 Å². The molecule has 0 fully saturated rings. The van der Waals surface area contributed by atoms with Gasteiger partial charge in [-0.1, -0.05) is 42.5 Å². The summed E-state index contributed by atoms with van der Waals surface area (Å²) >= 11 is 0. The average Bonchev–Trinajstić information content (AvgIpc) is 2.82. The molecule has 0 saturated carbocycles. The molecule has 4 nitrogen and oxygen atoms in total. The van der Waals surface area contributed by atoms with Gasteiger partial charge in [0, 0.05) is 5.56 Å². The second-order valence-corrected chi connectivity index (χ2v) is 5.53. The molecule has 0 aromatic heterocycles. The van der Waals surface area contributed by atoms with Crippen molar-refractivity contribution in [2.24, 2.45) is 0 Å². The first-order valence-corrected chi connectivity index (χ1v) is 7.31. The van der Waals surface area contributed by atoms with Gasteiger partial charge in [0.1, 0.15) is 5.75 Å². The van der Waals surface area contributed by atoms with Crippen molar-refractivity contribution in [3.8, 4) is 5.75 Å². The van der Waals surface area contributed by atoms with E-state index in [1.807, 2.05) is 30.3 Å². The summed E-state index contributed by atoms with van der Waals surface area (Å²) < 4.78 is 0. The molecule has 0 bridgehead atoms. The first-order chi connectivity index (χ1) is 11.2. The lowest BCUT2D eigenvalue weighted by molar-refractivity contribution is 0.0642. The van der Waals surface area contributed by atoms with Crippen molar-refractivity contribution >= 4 is 22.6 Å². The van der Waals surface area contributed by atoms with Crippen LogP contribution in [0.25, 0.3) is 10.8 Å². The van der Waals surface area contributed by atoms with Crippen molar-refractivity contribution in [1.29, 1.82) is 0 Å². The molecule has 1 aliphatic heterocycles. The van der Waals surface area contributed by atoms with Crippen LogP contribution in [0.3, 0.4) is 0 Å². The molecule has 0 aliphatic carbocycles. The zero-order chi connectivity index (χ0) is 16.0. The van der Waals surface area contributed by atoms with E-state index >= 15 is 0 Å². The largest absolute Gasteiger partial charge is 0.508 e. The van der Waals surface area contributed by atoms with Crippen LogP contribution >= 0.6 is 0 Å². The van der Waals surface area contributed by atoms with Gasteiger partial charge in [0.05, 0.1) is 17.7 Å². The Bertz CT molecular complexity index is 927. The maximum Gasteiger partial charge on any atom is 0.261 e. The summed E-state index contributed by atoms with van der Waals surface area (Å²) in [5.74, 6) is -0.559. The molecule has 2 amide bonds. The minimum Gasteiger partial charge on any atom is -0.508 e. The van der Waals surface area contributed by atoms with Gasteiger partial charge in [-0.2, -0.15) is 0 Å². The third kappa shape index (κ3) is 1.99. The molecule has 23 heavy (non-hydrogen) atoms. The van der Waals surface area contributed by atoms with E-state index in [9.17, 15) is 14.7 Å². The van der Waals surface area contributed by atoms with Gasteiger partial charge in [0.2, 0.25) is 0 Å². The van der Waals surface area contributed by atoms with Crippen molar-refractivity contribution in [3.05, 3.63) is 77.4 Å². The van der Waals surface area contributed by atoms with Gasteiger partial charge in [0.15, 0.2) is 0 Å². The van der Waals surface area contributed by atoms with E-state index in [2.05, 4.69) is 0 Å². The average molecular weight is 303 g/mol. The Morgan fingerprint density at radius 3 is 2.09 bits per heavy atom. The normalized spacial score (nSPS) is 13.7. The van der Waals surface area contributed by atoms with Crippen LogP contribution < -0.4 is 0 Å². The van der Waals surface area contributed by atoms with Crippen LogP contribution in [0.1, 0.15) is 26.3 Å². The number of phenolic OH excluding ortho intramolecular Hbond substituents is 1. The summed E-state index contributed by atoms with van der Waals surface area (Å²) in [6, 6.07) is 17.8. The molecular formula is C19H13NO3. The number of imide groups is 1. The van der Waals surface area contributed by atoms with Gasteiger partial charge in [-0.05, 0) is 29.0 Å². The number of carbonyl (C=O) groups excluding carboxylic acids is 2. The molecular weight excluding hydrogens is 290 g/mol. The van der Waals surface area contributed by atoms with E-state index in [1.165, 1.54) is 4.90 Å². The zero-order valence-corrected chi connectivity index (χ0v) is 12.2. The fourth-order valence-corrected chi connectivity index (χ4v) is 3.03. The Labute approximate surface area is 132 Å². The van der Waals surface area contributed by atoms with Crippen LogP contribution in [-0.4, -0.2) is 21.8 Å². The number of fused-ring (bicyclic) bond motifs is 2. The Morgan fingerprint density at radius 2 is 1.39 bits per heavy atom. The second-order valence-electron chi connectivity index (χ2n) is 5.53. The molecule has 0 unspecified atom stereocenters. The number of aromatic hydroxyl groups is 1. The van der Waals surface area contributed by atoms with Crippen LogP contribution in [-0.2, 0) is 6.54 Å². The van der Waals surface area contributed by atoms with E-state index in [0.717, 1.165) is 10.8 Å². The van der Waals surface area contributed by atoms with Gasteiger partial charge < -0.3 is 5.11 Å². The van der Waals surface area contributed by atoms with Crippen LogP contribution in [0.2, 0.25) is 0 Å². The summed E-state index contributed by atoms with van der Waals surface area (Å²) in [6.07, 6.45) is 0. The first-order valence-electron chi connectivity index (χ1n) is 7.31. The summed E-state index contributed by atoms with van der Waals surface area (Å²) in [6.45, 7) is 0.0551. The highest BCUT2D eigenvalue weighted by Gasteiger charge is 2.35. The molecule has 3 aromatic rings. The van der Waals surface area contributed by atoms with Crippen molar-refractivity contribution < 1.29 is 14.7 Å². The predicted octanol–water partition coefficient (Wildman–Crippen LogP) is 3.34. The zero-order valence-electron chi connectivity index (χ0n) is 12.2. The number of benzene rings is 3. The number of rotatable bonds is 2. The van der Waals surface area contributed by atoms with E-state index in [4.69, 9.17) is 0 Å². The molecule has 3 aromatic carbocycles. The molecule has 112 valence electrons. The summed E-state index contributed by atoms with van der Waals surface area (Å²) in [5.41, 5.74) is 1.41. The van der Waals surface area contributed by atoms with Crippen molar-refractivity contribution in [2.75, 3.05) is 0 Å². The SMILES string of the molecule is O=C1c2ccccc2C(=O)N1Cc1c(O)ccc2ccccc12.